The lowest BCUT2D eigenvalue weighted by molar-refractivity contribution is 0.520. The number of aryl methyl sites for hydroxylation is 1. The highest BCUT2D eigenvalue weighted by Gasteiger charge is 2.14. The Labute approximate surface area is 107 Å². The molecular formula is C13H19N3S. The topological polar surface area (TPSA) is 29.9 Å². The minimum atomic E-state index is 0.325. The second kappa shape index (κ2) is 5.98. The van der Waals surface area contributed by atoms with Crippen LogP contribution >= 0.6 is 11.3 Å². The number of nitrogens with zero attached hydrogens (tertiary/aromatic N) is 2. The lowest BCUT2D eigenvalue weighted by atomic mass is 10.1. The maximum Gasteiger partial charge on any atom is 0.0947 e. The third-order valence-electron chi connectivity index (χ3n) is 2.74. The van der Waals surface area contributed by atoms with Crippen LogP contribution in [0, 0.1) is 0 Å². The second-order valence-electron chi connectivity index (χ2n) is 4.31. The van der Waals surface area contributed by atoms with Gasteiger partial charge < -0.3 is 9.88 Å². The van der Waals surface area contributed by atoms with E-state index in [1.54, 1.807) is 11.3 Å². The van der Waals surface area contributed by atoms with Gasteiger partial charge in [0.15, 0.2) is 0 Å². The van der Waals surface area contributed by atoms with Crippen molar-refractivity contribution in [3.63, 3.8) is 0 Å². The Kier molecular flexibility index (Phi) is 4.34. The van der Waals surface area contributed by atoms with Gasteiger partial charge >= 0.3 is 0 Å². The van der Waals surface area contributed by atoms with Gasteiger partial charge in [-0.05, 0) is 41.8 Å². The Morgan fingerprint density at radius 2 is 2.41 bits per heavy atom. The molecular weight excluding hydrogens is 230 g/mol. The number of imidazole rings is 1. The third kappa shape index (κ3) is 3.41. The van der Waals surface area contributed by atoms with Crippen LogP contribution in [0.15, 0.2) is 29.4 Å². The van der Waals surface area contributed by atoms with Crippen LogP contribution in [0.3, 0.4) is 0 Å². The molecule has 0 radical (unpaired) electrons. The first-order valence-electron chi connectivity index (χ1n) is 6.02. The molecule has 3 nitrogen and oxygen atoms in total. The SMILES string of the molecule is CCCNC(Cc1ccsc1)c1cn(C)cn1. The fraction of sp³-hybridized carbons (Fsp3) is 0.462. The average Bonchev–Trinajstić information content (AvgIpc) is 2.95. The fourth-order valence-electron chi connectivity index (χ4n) is 1.86. The van der Waals surface area contributed by atoms with Gasteiger partial charge in [0.25, 0.3) is 0 Å². The number of hydrogen-bond acceptors (Lipinski definition) is 3. The maximum absolute atomic E-state index is 4.45. The van der Waals surface area contributed by atoms with Gasteiger partial charge in [-0.2, -0.15) is 11.3 Å². The zero-order chi connectivity index (χ0) is 12.1. The van der Waals surface area contributed by atoms with Gasteiger partial charge in [-0.1, -0.05) is 6.92 Å². The minimum absolute atomic E-state index is 0.325. The Bertz CT molecular complexity index is 433. The Balaban J connectivity index is 2.07. The van der Waals surface area contributed by atoms with E-state index in [0.29, 0.717) is 6.04 Å². The first-order chi connectivity index (χ1) is 8.29. The molecule has 92 valence electrons. The molecule has 0 aliphatic carbocycles. The van der Waals surface area contributed by atoms with Crippen LogP contribution < -0.4 is 5.32 Å². The summed E-state index contributed by atoms with van der Waals surface area (Å²) in [6, 6.07) is 2.51. The van der Waals surface area contributed by atoms with Gasteiger partial charge in [-0.3, -0.25) is 0 Å². The third-order valence-corrected chi connectivity index (χ3v) is 3.47. The molecule has 0 aromatic carbocycles. The number of rotatable bonds is 6. The van der Waals surface area contributed by atoms with E-state index in [9.17, 15) is 0 Å². The molecule has 17 heavy (non-hydrogen) atoms. The van der Waals surface area contributed by atoms with Gasteiger partial charge in [-0.15, -0.1) is 0 Å². The molecule has 0 fully saturated rings. The highest BCUT2D eigenvalue weighted by molar-refractivity contribution is 7.07. The van der Waals surface area contributed by atoms with Crippen LogP contribution in [0.25, 0.3) is 0 Å². The van der Waals surface area contributed by atoms with Gasteiger partial charge in [0.1, 0.15) is 0 Å². The van der Waals surface area contributed by atoms with Gasteiger partial charge in [0.05, 0.1) is 18.1 Å². The summed E-state index contributed by atoms with van der Waals surface area (Å²) >= 11 is 1.75. The van der Waals surface area contributed by atoms with Crippen molar-refractivity contribution in [2.24, 2.45) is 7.05 Å². The van der Waals surface area contributed by atoms with Crippen LogP contribution in [0.4, 0.5) is 0 Å². The minimum Gasteiger partial charge on any atom is -0.340 e. The summed E-state index contributed by atoms with van der Waals surface area (Å²) in [6.45, 7) is 3.22. The molecule has 0 spiro atoms. The predicted molar refractivity (Wildman–Crippen MR) is 72.3 cm³/mol. The van der Waals surface area contributed by atoms with Crippen LogP contribution in [0.1, 0.15) is 30.6 Å². The molecule has 2 rings (SSSR count). The first-order valence-corrected chi connectivity index (χ1v) is 6.96. The predicted octanol–water partition coefficient (Wildman–Crippen LogP) is 2.77. The molecule has 0 saturated heterocycles. The molecule has 1 unspecified atom stereocenters. The van der Waals surface area contributed by atoms with E-state index >= 15 is 0 Å². The van der Waals surface area contributed by atoms with Crippen molar-refractivity contribution in [3.8, 4) is 0 Å². The van der Waals surface area contributed by atoms with Crippen LogP contribution in [-0.4, -0.2) is 16.1 Å². The van der Waals surface area contributed by atoms with E-state index in [1.807, 2.05) is 17.9 Å². The van der Waals surface area contributed by atoms with E-state index in [2.05, 4.69) is 40.2 Å². The molecule has 0 amide bonds. The molecule has 0 saturated carbocycles. The van der Waals surface area contributed by atoms with Crippen LogP contribution in [0.5, 0.6) is 0 Å². The molecule has 1 N–H and O–H groups in total. The van der Waals surface area contributed by atoms with Crippen molar-refractivity contribution >= 4 is 11.3 Å². The molecule has 2 heterocycles. The monoisotopic (exact) mass is 249 g/mol. The summed E-state index contributed by atoms with van der Waals surface area (Å²) in [4.78, 5) is 4.45. The van der Waals surface area contributed by atoms with E-state index in [0.717, 1.165) is 25.1 Å². The van der Waals surface area contributed by atoms with Crippen LogP contribution in [0.2, 0.25) is 0 Å². The molecule has 0 aliphatic heterocycles. The number of nitrogens with one attached hydrogen (secondary N) is 1. The smallest absolute Gasteiger partial charge is 0.0947 e. The summed E-state index contributed by atoms with van der Waals surface area (Å²) in [5.74, 6) is 0. The summed E-state index contributed by atoms with van der Waals surface area (Å²) < 4.78 is 2.00. The normalized spacial score (nSPS) is 12.8. The Morgan fingerprint density at radius 1 is 1.53 bits per heavy atom. The van der Waals surface area contributed by atoms with E-state index in [4.69, 9.17) is 0 Å². The molecule has 0 aliphatic rings. The summed E-state index contributed by atoms with van der Waals surface area (Å²) in [5.41, 5.74) is 2.52. The molecule has 0 bridgehead atoms. The lowest BCUT2D eigenvalue weighted by Gasteiger charge is -2.15. The molecule has 1 atom stereocenters. The van der Waals surface area contributed by atoms with Crippen molar-refractivity contribution in [3.05, 3.63) is 40.6 Å². The van der Waals surface area contributed by atoms with E-state index in [1.165, 1.54) is 5.56 Å². The molecule has 2 aromatic rings. The fourth-order valence-corrected chi connectivity index (χ4v) is 2.54. The zero-order valence-electron chi connectivity index (χ0n) is 10.4. The standard InChI is InChI=1S/C13H19N3S/c1-3-5-14-12(7-11-4-6-17-9-11)13-8-16(2)10-15-13/h4,6,8-10,12,14H,3,5,7H2,1-2H3. The van der Waals surface area contributed by atoms with Gasteiger partial charge in [-0.25, -0.2) is 4.98 Å². The largest absolute Gasteiger partial charge is 0.340 e. The molecule has 4 heteroatoms. The second-order valence-corrected chi connectivity index (χ2v) is 5.09. The number of thiophene rings is 1. The Hall–Kier alpha value is -1.13. The highest BCUT2D eigenvalue weighted by atomic mass is 32.1. The summed E-state index contributed by atoms with van der Waals surface area (Å²) in [6.07, 6.45) is 6.12. The van der Waals surface area contributed by atoms with Crippen molar-refractivity contribution in [2.75, 3.05) is 6.54 Å². The molecule has 2 aromatic heterocycles. The van der Waals surface area contributed by atoms with Crippen molar-refractivity contribution < 1.29 is 0 Å². The Morgan fingerprint density at radius 3 is 3.00 bits per heavy atom. The number of hydrogen-bond donors (Lipinski definition) is 1. The van der Waals surface area contributed by atoms with Gasteiger partial charge in [0.2, 0.25) is 0 Å². The van der Waals surface area contributed by atoms with Gasteiger partial charge in [0, 0.05) is 13.2 Å². The van der Waals surface area contributed by atoms with Crippen molar-refractivity contribution in [2.45, 2.75) is 25.8 Å². The van der Waals surface area contributed by atoms with Crippen LogP contribution in [-0.2, 0) is 13.5 Å². The van der Waals surface area contributed by atoms with E-state index in [-0.39, 0.29) is 0 Å². The average molecular weight is 249 g/mol. The summed E-state index contributed by atoms with van der Waals surface area (Å²) in [5, 5.41) is 7.91. The quantitative estimate of drug-likeness (QED) is 0.853. The van der Waals surface area contributed by atoms with E-state index < -0.39 is 0 Å². The van der Waals surface area contributed by atoms with Crippen molar-refractivity contribution in [1.82, 2.24) is 14.9 Å². The summed E-state index contributed by atoms with van der Waals surface area (Å²) in [7, 11) is 2.01. The first kappa shape index (κ1) is 12.3. The maximum atomic E-state index is 4.45. The van der Waals surface area contributed by atoms with Crippen molar-refractivity contribution in [1.29, 1.82) is 0 Å². The zero-order valence-corrected chi connectivity index (χ0v) is 11.2. The highest BCUT2D eigenvalue weighted by Crippen LogP contribution is 2.18. The number of aromatic nitrogens is 2. The lowest BCUT2D eigenvalue weighted by Crippen LogP contribution is -2.24.